The van der Waals surface area contributed by atoms with Gasteiger partial charge in [0, 0.05) is 16.0 Å². The second-order valence-electron chi connectivity index (χ2n) is 3.30. The standard InChI is InChI=1S/C11H9Cl2NO2S/c12-8-1-7(3-15)11(10(13)2-8)16-4-9-5-17-6-14-9/h1-2,5-6,15H,3-4H2. The highest BCUT2D eigenvalue weighted by molar-refractivity contribution is 7.07. The Bertz CT molecular complexity index is 502. The second-order valence-corrected chi connectivity index (χ2v) is 4.86. The van der Waals surface area contributed by atoms with Crippen molar-refractivity contribution in [2.24, 2.45) is 0 Å². The van der Waals surface area contributed by atoms with Crippen LogP contribution in [0.3, 0.4) is 0 Å². The number of ether oxygens (including phenoxy) is 1. The van der Waals surface area contributed by atoms with E-state index in [1.165, 1.54) is 11.3 Å². The fourth-order valence-electron chi connectivity index (χ4n) is 1.35. The Balaban J connectivity index is 2.19. The number of aliphatic hydroxyl groups is 1. The van der Waals surface area contributed by atoms with Crippen molar-refractivity contribution in [3.63, 3.8) is 0 Å². The van der Waals surface area contributed by atoms with Gasteiger partial charge in [-0.3, -0.25) is 0 Å². The monoisotopic (exact) mass is 289 g/mol. The molecular weight excluding hydrogens is 281 g/mol. The fraction of sp³-hybridized carbons (Fsp3) is 0.182. The van der Waals surface area contributed by atoms with Crippen molar-refractivity contribution in [2.45, 2.75) is 13.2 Å². The van der Waals surface area contributed by atoms with Crippen LogP contribution >= 0.6 is 34.5 Å². The molecule has 0 aliphatic rings. The summed E-state index contributed by atoms with van der Waals surface area (Å²) in [5.41, 5.74) is 3.12. The molecule has 0 bridgehead atoms. The highest BCUT2D eigenvalue weighted by Crippen LogP contribution is 2.33. The van der Waals surface area contributed by atoms with Crippen LogP contribution in [-0.2, 0) is 13.2 Å². The van der Waals surface area contributed by atoms with Crippen LogP contribution in [0, 0.1) is 0 Å². The minimum atomic E-state index is -0.174. The number of thiazole rings is 1. The first kappa shape index (κ1) is 12.6. The summed E-state index contributed by atoms with van der Waals surface area (Å²) in [5, 5.41) is 12.0. The Morgan fingerprint density at radius 1 is 1.35 bits per heavy atom. The fourth-order valence-corrected chi connectivity index (χ4v) is 2.48. The third kappa shape index (κ3) is 3.10. The highest BCUT2D eigenvalue weighted by atomic mass is 35.5. The molecule has 1 aromatic heterocycles. The van der Waals surface area contributed by atoms with Crippen LogP contribution in [0.15, 0.2) is 23.0 Å². The molecule has 0 fully saturated rings. The van der Waals surface area contributed by atoms with Gasteiger partial charge < -0.3 is 9.84 Å². The molecule has 0 spiro atoms. The number of nitrogens with zero attached hydrogens (tertiary/aromatic N) is 1. The summed E-state index contributed by atoms with van der Waals surface area (Å²) < 4.78 is 5.55. The van der Waals surface area contributed by atoms with Crippen molar-refractivity contribution < 1.29 is 9.84 Å². The minimum Gasteiger partial charge on any atom is -0.485 e. The summed E-state index contributed by atoms with van der Waals surface area (Å²) in [6.45, 7) is 0.143. The maximum absolute atomic E-state index is 9.21. The molecule has 0 saturated heterocycles. The topological polar surface area (TPSA) is 42.4 Å². The lowest BCUT2D eigenvalue weighted by Gasteiger charge is -2.11. The molecule has 0 radical (unpaired) electrons. The first-order valence-electron chi connectivity index (χ1n) is 4.79. The van der Waals surface area contributed by atoms with Gasteiger partial charge in [-0.25, -0.2) is 4.98 Å². The van der Waals surface area contributed by atoms with Gasteiger partial charge in [-0.1, -0.05) is 23.2 Å². The third-order valence-corrected chi connectivity index (χ3v) is 3.24. The molecular formula is C11H9Cl2NO2S. The van der Waals surface area contributed by atoms with E-state index in [1.54, 1.807) is 17.6 Å². The molecule has 90 valence electrons. The zero-order valence-electron chi connectivity index (χ0n) is 8.69. The predicted molar refractivity (Wildman–Crippen MR) is 68.8 cm³/mol. The van der Waals surface area contributed by atoms with Gasteiger partial charge in [0.1, 0.15) is 12.4 Å². The summed E-state index contributed by atoms with van der Waals surface area (Å²) in [4.78, 5) is 4.10. The molecule has 0 aliphatic heterocycles. The van der Waals surface area contributed by atoms with Gasteiger partial charge >= 0.3 is 0 Å². The number of halogens is 2. The SMILES string of the molecule is OCc1cc(Cl)cc(Cl)c1OCc1cscn1. The molecule has 0 unspecified atom stereocenters. The number of hydrogen-bond donors (Lipinski definition) is 1. The summed E-state index contributed by atoms with van der Waals surface area (Å²) >= 11 is 13.4. The van der Waals surface area contributed by atoms with E-state index >= 15 is 0 Å². The van der Waals surface area contributed by atoms with Crippen LogP contribution in [-0.4, -0.2) is 10.1 Å². The van der Waals surface area contributed by atoms with Crippen molar-refractivity contribution in [3.05, 3.63) is 44.3 Å². The van der Waals surface area contributed by atoms with Crippen LogP contribution < -0.4 is 4.74 Å². The lowest BCUT2D eigenvalue weighted by Crippen LogP contribution is -2.00. The largest absolute Gasteiger partial charge is 0.485 e. The summed E-state index contributed by atoms with van der Waals surface area (Å²) in [5.74, 6) is 0.451. The lowest BCUT2D eigenvalue weighted by atomic mass is 10.2. The van der Waals surface area contributed by atoms with E-state index in [9.17, 15) is 5.11 Å². The Morgan fingerprint density at radius 2 is 2.18 bits per heavy atom. The van der Waals surface area contributed by atoms with Crippen LogP contribution in [0.4, 0.5) is 0 Å². The molecule has 17 heavy (non-hydrogen) atoms. The van der Waals surface area contributed by atoms with E-state index < -0.39 is 0 Å². The van der Waals surface area contributed by atoms with Gasteiger partial charge in [-0.05, 0) is 12.1 Å². The smallest absolute Gasteiger partial charge is 0.144 e. The average molecular weight is 290 g/mol. The maximum Gasteiger partial charge on any atom is 0.144 e. The predicted octanol–water partition coefficient (Wildman–Crippen LogP) is 3.52. The van der Waals surface area contributed by atoms with Crippen molar-refractivity contribution in [1.82, 2.24) is 4.98 Å². The summed E-state index contributed by atoms with van der Waals surface area (Å²) in [6.07, 6.45) is 0. The van der Waals surface area contributed by atoms with Crippen LogP contribution in [0.25, 0.3) is 0 Å². The quantitative estimate of drug-likeness (QED) is 0.936. The molecule has 1 aromatic carbocycles. The molecule has 1 N–H and O–H groups in total. The zero-order chi connectivity index (χ0) is 12.3. The Morgan fingerprint density at radius 3 is 2.82 bits per heavy atom. The van der Waals surface area contributed by atoms with Crippen LogP contribution in [0.2, 0.25) is 10.0 Å². The molecule has 3 nitrogen and oxygen atoms in total. The number of hydrogen-bond acceptors (Lipinski definition) is 4. The van der Waals surface area contributed by atoms with Gasteiger partial charge in [0.05, 0.1) is 22.8 Å². The molecule has 1 heterocycles. The summed E-state index contributed by atoms with van der Waals surface area (Å²) in [7, 11) is 0. The first-order valence-corrected chi connectivity index (χ1v) is 6.49. The van der Waals surface area contributed by atoms with Gasteiger partial charge in [0.25, 0.3) is 0 Å². The number of aliphatic hydroxyl groups excluding tert-OH is 1. The third-order valence-electron chi connectivity index (χ3n) is 2.10. The van der Waals surface area contributed by atoms with E-state index in [2.05, 4.69) is 4.98 Å². The first-order chi connectivity index (χ1) is 8.20. The van der Waals surface area contributed by atoms with E-state index in [-0.39, 0.29) is 6.61 Å². The average Bonchev–Trinajstić information content (AvgIpc) is 2.79. The van der Waals surface area contributed by atoms with Gasteiger partial charge in [0.15, 0.2) is 0 Å². The number of aromatic nitrogens is 1. The van der Waals surface area contributed by atoms with E-state index in [0.717, 1.165) is 5.69 Å². The molecule has 0 saturated carbocycles. The highest BCUT2D eigenvalue weighted by Gasteiger charge is 2.10. The van der Waals surface area contributed by atoms with Crippen molar-refractivity contribution in [1.29, 1.82) is 0 Å². The van der Waals surface area contributed by atoms with E-state index in [1.807, 2.05) is 5.38 Å². The van der Waals surface area contributed by atoms with Crippen molar-refractivity contribution in [2.75, 3.05) is 0 Å². The maximum atomic E-state index is 9.21. The molecule has 2 rings (SSSR count). The second kappa shape index (κ2) is 5.69. The van der Waals surface area contributed by atoms with Crippen molar-refractivity contribution >= 4 is 34.5 Å². The van der Waals surface area contributed by atoms with Gasteiger partial charge in [0.2, 0.25) is 0 Å². The Hall–Kier alpha value is -0.810. The van der Waals surface area contributed by atoms with Crippen LogP contribution in [0.5, 0.6) is 5.75 Å². The van der Waals surface area contributed by atoms with Crippen LogP contribution in [0.1, 0.15) is 11.3 Å². The molecule has 2 aromatic rings. The number of rotatable bonds is 4. The molecule has 0 aliphatic carbocycles. The van der Waals surface area contributed by atoms with Gasteiger partial charge in [-0.15, -0.1) is 11.3 Å². The normalized spacial score (nSPS) is 10.5. The minimum absolute atomic E-state index is 0.174. The summed E-state index contributed by atoms with van der Waals surface area (Å²) in [6, 6.07) is 3.21. The van der Waals surface area contributed by atoms with Gasteiger partial charge in [-0.2, -0.15) is 0 Å². The van der Waals surface area contributed by atoms with E-state index in [4.69, 9.17) is 27.9 Å². The Kier molecular flexibility index (Phi) is 4.23. The molecule has 0 atom stereocenters. The Labute approximate surface area is 113 Å². The zero-order valence-corrected chi connectivity index (χ0v) is 11.0. The van der Waals surface area contributed by atoms with E-state index in [0.29, 0.717) is 28.0 Å². The number of benzene rings is 1. The molecule has 0 amide bonds. The van der Waals surface area contributed by atoms with Crippen molar-refractivity contribution in [3.8, 4) is 5.75 Å². The lowest BCUT2D eigenvalue weighted by molar-refractivity contribution is 0.258. The molecule has 6 heteroatoms.